The van der Waals surface area contributed by atoms with E-state index in [9.17, 15) is 4.79 Å². The summed E-state index contributed by atoms with van der Waals surface area (Å²) >= 11 is 1.73. The second kappa shape index (κ2) is 6.09. The van der Waals surface area contributed by atoms with E-state index in [2.05, 4.69) is 42.3 Å². The monoisotopic (exact) mass is 357 g/mol. The number of amides is 1. The number of benzene rings is 1. The first kappa shape index (κ1) is 16.5. The van der Waals surface area contributed by atoms with Crippen molar-refractivity contribution in [3.63, 3.8) is 0 Å². The fourth-order valence-electron chi connectivity index (χ4n) is 3.95. The highest BCUT2D eigenvalue weighted by molar-refractivity contribution is 7.98. The standard InChI is InChI=1S/C19H23N3O2S/c1-13-9-17(20-16-10-14(25-3)5-6-15(13)16)22-8-4-7-19(12-22)11-21(2)18(23)24-19/h5-6,9-10H,4,7-8,11-12H2,1-3H3/t19-/m0/s1. The normalized spacial score (nSPS) is 23.6. The van der Waals surface area contributed by atoms with E-state index in [1.807, 2.05) is 0 Å². The van der Waals surface area contributed by atoms with Crippen LogP contribution in [0, 0.1) is 6.92 Å². The first-order valence-electron chi connectivity index (χ1n) is 8.64. The highest BCUT2D eigenvalue weighted by atomic mass is 32.2. The molecule has 2 saturated heterocycles. The van der Waals surface area contributed by atoms with Crippen LogP contribution >= 0.6 is 11.8 Å². The third-order valence-electron chi connectivity index (χ3n) is 5.21. The summed E-state index contributed by atoms with van der Waals surface area (Å²) in [4.78, 5) is 21.9. The van der Waals surface area contributed by atoms with Crippen molar-refractivity contribution in [1.82, 2.24) is 9.88 Å². The highest BCUT2D eigenvalue weighted by Crippen LogP contribution is 2.34. The van der Waals surface area contributed by atoms with E-state index >= 15 is 0 Å². The summed E-state index contributed by atoms with van der Waals surface area (Å²) in [6, 6.07) is 8.60. The van der Waals surface area contributed by atoms with E-state index in [1.165, 1.54) is 15.8 Å². The fourth-order valence-corrected chi connectivity index (χ4v) is 4.39. The molecule has 0 bridgehead atoms. The van der Waals surface area contributed by atoms with E-state index in [1.54, 1.807) is 23.7 Å². The van der Waals surface area contributed by atoms with Crippen LogP contribution in [0.5, 0.6) is 0 Å². The molecule has 2 fully saturated rings. The van der Waals surface area contributed by atoms with Crippen molar-refractivity contribution in [2.45, 2.75) is 30.3 Å². The van der Waals surface area contributed by atoms with Crippen LogP contribution in [0.15, 0.2) is 29.2 Å². The Balaban J connectivity index is 1.68. The molecule has 3 heterocycles. The van der Waals surface area contributed by atoms with Crippen LogP contribution in [0.1, 0.15) is 18.4 Å². The van der Waals surface area contributed by atoms with Gasteiger partial charge in [0.2, 0.25) is 0 Å². The topological polar surface area (TPSA) is 45.7 Å². The smallest absolute Gasteiger partial charge is 0.410 e. The van der Waals surface area contributed by atoms with Crippen LogP contribution in [0.2, 0.25) is 0 Å². The number of likely N-dealkylation sites (N-methyl/N-ethyl adjacent to an activating group) is 1. The van der Waals surface area contributed by atoms with Gasteiger partial charge in [-0.3, -0.25) is 0 Å². The van der Waals surface area contributed by atoms with Crippen LogP contribution < -0.4 is 4.90 Å². The summed E-state index contributed by atoms with van der Waals surface area (Å²) in [6.07, 6.45) is 3.79. The predicted molar refractivity (Wildman–Crippen MR) is 102 cm³/mol. The van der Waals surface area contributed by atoms with E-state index < -0.39 is 5.60 Å². The number of carbonyl (C=O) groups is 1. The summed E-state index contributed by atoms with van der Waals surface area (Å²) < 4.78 is 5.72. The van der Waals surface area contributed by atoms with Gasteiger partial charge in [-0.2, -0.15) is 0 Å². The van der Waals surface area contributed by atoms with E-state index in [-0.39, 0.29) is 6.09 Å². The van der Waals surface area contributed by atoms with Gasteiger partial charge in [-0.1, -0.05) is 6.07 Å². The van der Waals surface area contributed by atoms with Crippen molar-refractivity contribution in [2.24, 2.45) is 0 Å². The molecule has 0 N–H and O–H groups in total. The Morgan fingerprint density at radius 3 is 2.84 bits per heavy atom. The van der Waals surface area contributed by atoms with E-state index in [0.29, 0.717) is 13.1 Å². The van der Waals surface area contributed by atoms with Crippen LogP contribution in [0.3, 0.4) is 0 Å². The number of hydrogen-bond acceptors (Lipinski definition) is 5. The maximum atomic E-state index is 11.9. The van der Waals surface area contributed by atoms with Crippen LogP contribution in [0.4, 0.5) is 10.6 Å². The lowest BCUT2D eigenvalue weighted by molar-refractivity contribution is 0.0445. The average Bonchev–Trinajstić information content (AvgIpc) is 2.87. The van der Waals surface area contributed by atoms with Gasteiger partial charge in [-0.15, -0.1) is 11.8 Å². The molecule has 0 radical (unpaired) electrons. The number of thioether (sulfide) groups is 1. The number of rotatable bonds is 2. The molecule has 1 spiro atoms. The Bertz CT molecular complexity index is 841. The summed E-state index contributed by atoms with van der Waals surface area (Å²) in [7, 11) is 1.80. The van der Waals surface area contributed by atoms with Gasteiger partial charge in [-0.25, -0.2) is 9.78 Å². The molecule has 2 aromatic rings. The van der Waals surface area contributed by atoms with Gasteiger partial charge in [-0.05, 0) is 49.8 Å². The SMILES string of the molecule is CSc1ccc2c(C)cc(N3CCC[C@]4(CN(C)C(=O)O4)C3)nc2c1. The van der Waals surface area contributed by atoms with Crippen molar-refractivity contribution in [3.8, 4) is 0 Å². The Morgan fingerprint density at radius 2 is 2.12 bits per heavy atom. The van der Waals surface area contributed by atoms with Crippen LogP contribution in [0.25, 0.3) is 10.9 Å². The van der Waals surface area contributed by atoms with Crippen LogP contribution in [-0.2, 0) is 4.74 Å². The number of hydrogen-bond donors (Lipinski definition) is 0. The molecular formula is C19H23N3O2S. The minimum absolute atomic E-state index is 0.214. The first-order chi connectivity index (χ1) is 12.0. The van der Waals surface area contributed by atoms with Gasteiger partial charge >= 0.3 is 6.09 Å². The highest BCUT2D eigenvalue weighted by Gasteiger charge is 2.46. The molecule has 0 saturated carbocycles. The van der Waals surface area contributed by atoms with Crippen molar-refractivity contribution in [2.75, 3.05) is 37.8 Å². The predicted octanol–water partition coefficient (Wildman–Crippen LogP) is 3.69. The Kier molecular flexibility index (Phi) is 4.02. The summed E-state index contributed by atoms with van der Waals surface area (Å²) in [5.74, 6) is 0.980. The zero-order valence-corrected chi connectivity index (χ0v) is 15.7. The molecule has 1 aromatic carbocycles. The minimum atomic E-state index is -0.393. The number of anilines is 1. The molecule has 0 unspecified atom stereocenters. The summed E-state index contributed by atoms with van der Waals surface area (Å²) in [5.41, 5.74) is 1.87. The molecule has 1 amide bonds. The number of nitrogens with zero attached hydrogens (tertiary/aromatic N) is 3. The molecular weight excluding hydrogens is 334 g/mol. The number of carbonyl (C=O) groups excluding carboxylic acids is 1. The number of piperidine rings is 1. The van der Waals surface area contributed by atoms with Gasteiger partial charge in [0.25, 0.3) is 0 Å². The van der Waals surface area contributed by atoms with E-state index in [0.717, 1.165) is 30.7 Å². The quantitative estimate of drug-likeness (QED) is 0.767. The summed E-state index contributed by atoms with van der Waals surface area (Å²) in [5, 5.41) is 1.19. The van der Waals surface area contributed by atoms with Gasteiger partial charge in [0, 0.05) is 23.9 Å². The van der Waals surface area contributed by atoms with Crippen molar-refractivity contribution >= 4 is 34.6 Å². The zero-order valence-electron chi connectivity index (χ0n) is 14.9. The molecule has 1 atom stereocenters. The second-order valence-corrected chi connectivity index (χ2v) is 7.99. The molecule has 6 heteroatoms. The lowest BCUT2D eigenvalue weighted by atomic mass is 9.92. The third-order valence-corrected chi connectivity index (χ3v) is 5.94. The Hall–Kier alpha value is -1.95. The van der Waals surface area contributed by atoms with Gasteiger partial charge in [0.05, 0.1) is 18.6 Å². The molecule has 25 heavy (non-hydrogen) atoms. The summed E-state index contributed by atoms with van der Waals surface area (Å²) in [6.45, 7) is 4.45. The van der Waals surface area contributed by atoms with Crippen molar-refractivity contribution in [1.29, 1.82) is 0 Å². The average molecular weight is 357 g/mol. The Labute approximate surface area is 152 Å². The van der Waals surface area contributed by atoms with E-state index in [4.69, 9.17) is 9.72 Å². The number of aromatic nitrogens is 1. The lowest BCUT2D eigenvalue weighted by Gasteiger charge is -2.39. The van der Waals surface area contributed by atoms with Crippen LogP contribution in [-0.4, -0.2) is 54.5 Å². The second-order valence-electron chi connectivity index (χ2n) is 7.11. The molecule has 5 nitrogen and oxygen atoms in total. The van der Waals surface area contributed by atoms with Gasteiger partial charge in [0.1, 0.15) is 11.4 Å². The third kappa shape index (κ3) is 2.92. The molecule has 2 aliphatic heterocycles. The maximum absolute atomic E-state index is 11.9. The Morgan fingerprint density at radius 1 is 1.28 bits per heavy atom. The molecule has 0 aliphatic carbocycles. The van der Waals surface area contributed by atoms with Crippen molar-refractivity contribution < 1.29 is 9.53 Å². The maximum Gasteiger partial charge on any atom is 0.410 e. The first-order valence-corrected chi connectivity index (χ1v) is 9.87. The number of pyridine rings is 1. The molecule has 1 aromatic heterocycles. The number of fused-ring (bicyclic) bond motifs is 1. The lowest BCUT2D eigenvalue weighted by Crippen LogP contribution is -2.50. The van der Waals surface area contributed by atoms with Crippen molar-refractivity contribution in [3.05, 3.63) is 29.8 Å². The number of aryl methyl sites for hydroxylation is 1. The van der Waals surface area contributed by atoms with Gasteiger partial charge < -0.3 is 14.5 Å². The largest absolute Gasteiger partial charge is 0.439 e. The molecule has 2 aliphatic rings. The number of ether oxygens (including phenoxy) is 1. The minimum Gasteiger partial charge on any atom is -0.439 e. The fraction of sp³-hybridized carbons (Fsp3) is 0.474. The molecule has 132 valence electrons. The zero-order chi connectivity index (χ0) is 17.6. The van der Waals surface area contributed by atoms with Gasteiger partial charge in [0.15, 0.2) is 0 Å². The molecule has 4 rings (SSSR count).